The van der Waals surface area contributed by atoms with Gasteiger partial charge >= 0.3 is 5.97 Å². The molecule has 3 heterocycles. The largest absolute Gasteiger partial charge is 0.481 e. The summed E-state index contributed by atoms with van der Waals surface area (Å²) in [7, 11) is 0. The van der Waals surface area contributed by atoms with Gasteiger partial charge in [0.05, 0.1) is 12.1 Å². The molecule has 31 heavy (non-hydrogen) atoms. The van der Waals surface area contributed by atoms with Gasteiger partial charge in [-0.2, -0.15) is 9.61 Å². The number of amides is 1. The fraction of sp³-hybridized carbons (Fsp3) is 0.391. The Morgan fingerprint density at radius 2 is 1.90 bits per heavy atom. The number of nitrogens with one attached hydrogen (secondary N) is 1. The van der Waals surface area contributed by atoms with Crippen molar-refractivity contribution in [2.75, 3.05) is 23.3 Å². The van der Waals surface area contributed by atoms with Crippen LogP contribution < -0.4 is 10.2 Å². The summed E-state index contributed by atoms with van der Waals surface area (Å²) in [5.74, 6) is -0.330. The van der Waals surface area contributed by atoms with Crippen molar-refractivity contribution < 1.29 is 14.7 Å². The van der Waals surface area contributed by atoms with Crippen molar-refractivity contribution in [3.63, 3.8) is 0 Å². The van der Waals surface area contributed by atoms with Gasteiger partial charge in [0.2, 0.25) is 0 Å². The van der Waals surface area contributed by atoms with Gasteiger partial charge in [-0.1, -0.05) is 32.9 Å². The number of carbonyl (C=O) groups is 2. The highest BCUT2D eigenvalue weighted by molar-refractivity contribution is 6.04. The Morgan fingerprint density at radius 1 is 1.16 bits per heavy atom. The van der Waals surface area contributed by atoms with Gasteiger partial charge in [-0.25, -0.2) is 4.98 Å². The van der Waals surface area contributed by atoms with E-state index in [1.165, 1.54) is 0 Å². The number of anilines is 2. The van der Waals surface area contributed by atoms with Gasteiger partial charge in [-0.15, -0.1) is 0 Å². The molecule has 0 bridgehead atoms. The number of carboxylic acids is 1. The summed E-state index contributed by atoms with van der Waals surface area (Å²) in [6.07, 6.45) is 3.08. The first-order valence-electron chi connectivity index (χ1n) is 10.5. The fourth-order valence-electron chi connectivity index (χ4n) is 3.88. The summed E-state index contributed by atoms with van der Waals surface area (Å²) >= 11 is 0. The van der Waals surface area contributed by atoms with E-state index in [0.717, 1.165) is 24.3 Å². The highest BCUT2D eigenvalue weighted by Gasteiger charge is 2.27. The van der Waals surface area contributed by atoms with E-state index in [4.69, 9.17) is 0 Å². The second-order valence-electron chi connectivity index (χ2n) is 9.01. The number of hydrogen-bond acceptors (Lipinski definition) is 5. The van der Waals surface area contributed by atoms with E-state index in [1.807, 2.05) is 29.2 Å². The molecule has 3 aromatic rings. The first kappa shape index (κ1) is 20.8. The van der Waals surface area contributed by atoms with Gasteiger partial charge in [0.15, 0.2) is 5.65 Å². The van der Waals surface area contributed by atoms with Crippen molar-refractivity contribution in [1.29, 1.82) is 0 Å². The Balaban J connectivity index is 1.60. The van der Waals surface area contributed by atoms with Crippen molar-refractivity contribution in [3.8, 4) is 0 Å². The molecule has 1 atom stereocenters. The van der Waals surface area contributed by atoms with E-state index in [2.05, 4.69) is 36.2 Å². The number of aromatic nitrogens is 3. The van der Waals surface area contributed by atoms with E-state index in [0.29, 0.717) is 30.0 Å². The fourth-order valence-corrected chi connectivity index (χ4v) is 3.88. The molecule has 8 nitrogen and oxygen atoms in total. The van der Waals surface area contributed by atoms with Crippen LogP contribution in [0.2, 0.25) is 0 Å². The molecule has 162 valence electrons. The molecule has 1 amide bonds. The minimum absolute atomic E-state index is 0.0146. The van der Waals surface area contributed by atoms with Crippen molar-refractivity contribution in [2.24, 2.45) is 5.92 Å². The van der Waals surface area contributed by atoms with E-state index in [1.54, 1.807) is 22.8 Å². The van der Waals surface area contributed by atoms with Gasteiger partial charge in [0.1, 0.15) is 11.6 Å². The van der Waals surface area contributed by atoms with Gasteiger partial charge in [0.25, 0.3) is 5.91 Å². The van der Waals surface area contributed by atoms with Crippen LogP contribution in [0.5, 0.6) is 0 Å². The highest BCUT2D eigenvalue weighted by atomic mass is 16.4. The zero-order valence-electron chi connectivity index (χ0n) is 18.0. The second kappa shape index (κ2) is 8.02. The van der Waals surface area contributed by atoms with Crippen LogP contribution in [0.25, 0.3) is 5.65 Å². The molecule has 0 saturated carbocycles. The van der Waals surface area contributed by atoms with Crippen LogP contribution in [0.3, 0.4) is 0 Å². The third kappa shape index (κ3) is 4.38. The van der Waals surface area contributed by atoms with E-state index < -0.39 is 11.9 Å². The molecule has 1 aliphatic heterocycles. The number of piperidine rings is 1. The van der Waals surface area contributed by atoms with Crippen LogP contribution in [-0.4, -0.2) is 44.7 Å². The lowest BCUT2D eigenvalue weighted by Crippen LogP contribution is -2.39. The van der Waals surface area contributed by atoms with Gasteiger partial charge in [0, 0.05) is 30.8 Å². The van der Waals surface area contributed by atoms with Crippen molar-refractivity contribution in [2.45, 2.75) is 39.0 Å². The number of aliphatic carboxylic acids is 1. The normalized spacial score (nSPS) is 17.0. The number of carboxylic acid groups (broad SMARTS) is 1. The van der Waals surface area contributed by atoms with E-state index >= 15 is 0 Å². The molecule has 2 aromatic heterocycles. The SMILES string of the molecule is CC(C)(C)c1ccc(C(=O)Nc2cc(N3CCCC(C(=O)O)C3)n3nccc3n2)cc1. The predicted octanol–water partition coefficient (Wildman–Crippen LogP) is 3.58. The van der Waals surface area contributed by atoms with E-state index in [-0.39, 0.29) is 11.3 Å². The minimum atomic E-state index is -0.789. The Hall–Kier alpha value is -3.42. The van der Waals surface area contributed by atoms with E-state index in [9.17, 15) is 14.7 Å². The zero-order valence-corrected chi connectivity index (χ0v) is 18.0. The minimum Gasteiger partial charge on any atom is -0.481 e. The number of carbonyl (C=O) groups excluding carboxylic acids is 1. The molecule has 1 fully saturated rings. The number of fused-ring (bicyclic) bond motifs is 1. The smallest absolute Gasteiger partial charge is 0.308 e. The Kier molecular flexibility index (Phi) is 5.39. The Morgan fingerprint density at radius 3 is 2.58 bits per heavy atom. The van der Waals surface area contributed by atoms with Crippen molar-refractivity contribution in [3.05, 3.63) is 53.7 Å². The summed E-state index contributed by atoms with van der Waals surface area (Å²) < 4.78 is 1.68. The molecule has 0 aliphatic carbocycles. The molecule has 0 radical (unpaired) electrons. The molecule has 1 aromatic carbocycles. The average molecular weight is 422 g/mol. The first-order chi connectivity index (χ1) is 14.7. The van der Waals surface area contributed by atoms with Crippen LogP contribution in [0, 0.1) is 5.92 Å². The maximum absolute atomic E-state index is 12.8. The summed E-state index contributed by atoms with van der Waals surface area (Å²) in [5, 5.41) is 16.6. The number of nitrogens with zero attached hydrogens (tertiary/aromatic N) is 4. The lowest BCUT2D eigenvalue weighted by molar-refractivity contribution is -0.141. The Bertz CT molecular complexity index is 1110. The average Bonchev–Trinajstić information content (AvgIpc) is 3.21. The van der Waals surface area contributed by atoms with Crippen LogP contribution in [0.15, 0.2) is 42.6 Å². The molecular weight excluding hydrogens is 394 g/mol. The summed E-state index contributed by atoms with van der Waals surface area (Å²) in [4.78, 5) is 30.8. The molecule has 1 saturated heterocycles. The summed E-state index contributed by atoms with van der Waals surface area (Å²) in [6.45, 7) is 7.51. The monoisotopic (exact) mass is 421 g/mol. The van der Waals surface area contributed by atoms with Crippen molar-refractivity contribution in [1.82, 2.24) is 14.6 Å². The standard InChI is InChI=1S/C23H27N5O3/c1-23(2,3)17-8-6-15(7-9-17)21(29)26-18-13-20(28-19(25-18)10-11-24-28)27-12-4-5-16(14-27)22(30)31/h6-11,13,16H,4-5,12,14H2,1-3H3,(H,30,31)(H,25,26,29). The third-order valence-electron chi connectivity index (χ3n) is 5.69. The maximum Gasteiger partial charge on any atom is 0.308 e. The molecule has 4 rings (SSSR count). The second-order valence-corrected chi connectivity index (χ2v) is 9.01. The zero-order chi connectivity index (χ0) is 22.2. The summed E-state index contributed by atoms with van der Waals surface area (Å²) in [6, 6.07) is 11.1. The van der Waals surface area contributed by atoms with Crippen molar-refractivity contribution >= 4 is 29.2 Å². The molecular formula is C23H27N5O3. The number of benzene rings is 1. The third-order valence-corrected chi connectivity index (χ3v) is 5.69. The molecule has 1 aliphatic rings. The van der Waals surface area contributed by atoms with Gasteiger partial charge in [-0.05, 0) is 36.0 Å². The number of rotatable bonds is 4. The lowest BCUT2D eigenvalue weighted by atomic mass is 9.87. The van der Waals surface area contributed by atoms with Crippen LogP contribution in [-0.2, 0) is 10.2 Å². The predicted molar refractivity (Wildman–Crippen MR) is 119 cm³/mol. The summed E-state index contributed by atoms with van der Waals surface area (Å²) in [5.41, 5.74) is 2.31. The molecule has 2 N–H and O–H groups in total. The molecule has 0 spiro atoms. The number of hydrogen-bond donors (Lipinski definition) is 2. The lowest BCUT2D eigenvalue weighted by Gasteiger charge is -2.32. The van der Waals surface area contributed by atoms with Crippen LogP contribution in [0.4, 0.5) is 11.6 Å². The topological polar surface area (TPSA) is 99.8 Å². The van der Waals surface area contributed by atoms with Gasteiger partial charge in [-0.3, -0.25) is 9.59 Å². The first-order valence-corrected chi connectivity index (χ1v) is 10.5. The van der Waals surface area contributed by atoms with Crippen LogP contribution >= 0.6 is 0 Å². The quantitative estimate of drug-likeness (QED) is 0.668. The highest BCUT2D eigenvalue weighted by Crippen LogP contribution is 2.26. The maximum atomic E-state index is 12.8. The molecule has 8 heteroatoms. The Labute approximate surface area is 180 Å². The van der Waals surface area contributed by atoms with Crippen LogP contribution in [0.1, 0.15) is 49.5 Å². The molecule has 1 unspecified atom stereocenters. The van der Waals surface area contributed by atoms with Gasteiger partial charge < -0.3 is 15.3 Å².